The van der Waals surface area contributed by atoms with Crippen LogP contribution in [0.3, 0.4) is 0 Å². The number of rotatable bonds is 15. The third-order valence-electron chi connectivity index (χ3n) is 28.4. The van der Waals surface area contributed by atoms with Crippen LogP contribution in [-0.2, 0) is 0 Å². The van der Waals surface area contributed by atoms with Crippen molar-refractivity contribution in [3.05, 3.63) is 540 Å². The first kappa shape index (κ1) is 85.4. The van der Waals surface area contributed by atoms with Gasteiger partial charge < -0.3 is 27.4 Å². The lowest BCUT2D eigenvalue weighted by atomic mass is 10.00. The molecule has 0 aliphatic rings. The lowest BCUT2D eigenvalue weighted by Crippen LogP contribution is -1.97. The van der Waals surface area contributed by atoms with Crippen LogP contribution in [0.1, 0.15) is 0 Å². The van der Waals surface area contributed by atoms with Crippen molar-refractivity contribution in [3.8, 4) is 136 Å². The number of fused-ring (bicyclic) bond motifs is 18. The standard InChI is InChI=1S/C47H31N3.C46H30N4.C42H28N4/c1-4-14-33(15-5-1)42-28-35(29-43(48-42)34-16-6-2-7-17-34)32-24-26-37(27-25-32)50-45-23-13-11-21-39(45)41-30-40-38-20-10-12-22-44(38)49(46(40)31-47(41)50)36-18-8-3-9-19-36;1-4-14-31(15-5-1)39-30-40(48-46(47-39)33-16-6-2-7-17-33)32-24-26-35(27-25-32)49-42-23-13-11-21-38(42)44-43(49)29-28-37-36-20-10-12-22-41(36)50(45(37)44)34-18-8-3-9-19-34;1-4-14-29(15-5-1)36-28-37(44-42(43-36)31-16-6-2-7-17-31)30-24-26-33(27-25-30)46-39-23-13-11-21-35(39)40-41(46)34-20-10-12-22-38(34)45(40)32-18-8-3-9-19-32/h1-31H;1-30H;1-28H. The second-order valence-electron chi connectivity index (χ2n) is 36.9. The lowest BCUT2D eigenvalue weighted by Gasteiger charge is -2.12. The van der Waals surface area contributed by atoms with E-state index in [1.807, 2.05) is 84.9 Å². The first-order chi connectivity index (χ1) is 72.4. The van der Waals surface area contributed by atoms with Crippen molar-refractivity contribution >= 4 is 120 Å². The summed E-state index contributed by atoms with van der Waals surface area (Å²) in [6.07, 6.45) is 0. The predicted molar refractivity (Wildman–Crippen MR) is 606 cm³/mol. The molecule has 29 aromatic rings. The first-order valence-electron chi connectivity index (χ1n) is 49.5. The molecule has 0 saturated carbocycles. The van der Waals surface area contributed by atoms with Gasteiger partial charge in [0.05, 0.1) is 100 Å². The number of para-hydroxylation sites is 9. The molecule has 0 amide bonds. The summed E-state index contributed by atoms with van der Waals surface area (Å²) in [6.45, 7) is 0. The maximum atomic E-state index is 5.09. The van der Waals surface area contributed by atoms with Crippen molar-refractivity contribution in [2.75, 3.05) is 0 Å². The maximum Gasteiger partial charge on any atom is 0.160 e. The highest BCUT2D eigenvalue weighted by atomic mass is 15.1. The number of aromatic nitrogens is 11. The predicted octanol–water partition coefficient (Wildman–Crippen LogP) is 34.5. The minimum absolute atomic E-state index is 0.714. The van der Waals surface area contributed by atoms with Gasteiger partial charge >= 0.3 is 0 Å². The van der Waals surface area contributed by atoms with Crippen LogP contribution in [0.25, 0.3) is 256 Å². The Morgan fingerprint density at radius 1 is 0.116 bits per heavy atom. The van der Waals surface area contributed by atoms with Gasteiger partial charge in [-0.05, 0) is 163 Å². The van der Waals surface area contributed by atoms with E-state index in [0.29, 0.717) is 11.6 Å². The molecule has 0 fully saturated rings. The van der Waals surface area contributed by atoms with Gasteiger partial charge in [-0.1, -0.05) is 388 Å². The minimum Gasteiger partial charge on any atom is -0.309 e. The molecule has 9 aromatic heterocycles. The molecule has 0 spiro atoms. The van der Waals surface area contributed by atoms with Crippen molar-refractivity contribution in [1.82, 2.24) is 52.3 Å². The Kier molecular flexibility index (Phi) is 21.3. The molecule has 29 rings (SSSR count). The van der Waals surface area contributed by atoms with Gasteiger partial charge in [0.1, 0.15) is 0 Å². The first-order valence-corrected chi connectivity index (χ1v) is 49.5. The fourth-order valence-electron chi connectivity index (χ4n) is 21.7. The highest BCUT2D eigenvalue weighted by Gasteiger charge is 2.27. The summed E-state index contributed by atoms with van der Waals surface area (Å²) in [5, 5.41) is 12.4. The van der Waals surface area contributed by atoms with Gasteiger partial charge in [-0.25, -0.2) is 24.9 Å². The summed E-state index contributed by atoms with van der Waals surface area (Å²) in [4.78, 5) is 25.1. The van der Waals surface area contributed by atoms with Gasteiger partial charge in [0.2, 0.25) is 0 Å². The molecule has 20 aromatic carbocycles. The van der Waals surface area contributed by atoms with Crippen LogP contribution in [0.2, 0.25) is 0 Å². The molecule has 11 nitrogen and oxygen atoms in total. The minimum atomic E-state index is 0.714. The number of pyridine rings is 1. The molecule has 0 radical (unpaired) electrons. The quantitative estimate of drug-likeness (QED) is 0.102. The summed E-state index contributed by atoms with van der Waals surface area (Å²) < 4.78 is 14.4. The molecule has 0 unspecified atom stereocenters. The van der Waals surface area contributed by atoms with E-state index < -0.39 is 0 Å². The van der Waals surface area contributed by atoms with Gasteiger partial charge in [-0.2, -0.15) is 0 Å². The zero-order chi connectivity index (χ0) is 96.5. The van der Waals surface area contributed by atoms with E-state index in [9.17, 15) is 0 Å². The molecule has 0 aliphatic carbocycles. The normalized spacial score (nSPS) is 11.6. The number of hydrogen-bond donors (Lipinski definition) is 0. The second-order valence-corrected chi connectivity index (χ2v) is 36.9. The van der Waals surface area contributed by atoms with E-state index in [1.165, 1.54) is 120 Å². The summed E-state index contributed by atoms with van der Waals surface area (Å²) in [5.41, 5.74) is 37.4. The van der Waals surface area contributed by atoms with Crippen LogP contribution in [0, 0.1) is 0 Å². The zero-order valence-electron chi connectivity index (χ0n) is 79.3. The Labute approximate surface area is 842 Å². The maximum absolute atomic E-state index is 5.09. The van der Waals surface area contributed by atoms with Crippen LogP contribution < -0.4 is 0 Å². The molecule has 0 atom stereocenters. The average Bonchev–Trinajstić information content (AvgIpc) is 1.55. The highest BCUT2D eigenvalue weighted by Crippen LogP contribution is 2.47. The van der Waals surface area contributed by atoms with Gasteiger partial charge in [0, 0.05) is 132 Å². The van der Waals surface area contributed by atoms with Gasteiger partial charge in [0.15, 0.2) is 11.6 Å². The van der Waals surface area contributed by atoms with Crippen LogP contribution in [0.4, 0.5) is 0 Å². The SMILES string of the molecule is c1ccc(-c2cc(-c3ccc(-n4c5ccccc5c5c4c4ccccc4n5-c4ccccc4)cc3)nc(-c3ccccc3)n2)cc1.c1ccc(-c2cc(-c3ccc(-n4c5ccccc5c5c4ccc4c6ccccc6n(-c6ccccc6)c45)cc3)nc(-c3ccccc3)n2)cc1.c1ccc(-c2cc(-c3ccc(-n4c5ccccc5c5cc6c7ccccc7n(-c7ccccc7)c6cc54)cc3)cc(-c3ccccc3)n2)cc1. The second kappa shape index (κ2) is 36.5. The van der Waals surface area contributed by atoms with E-state index in [0.717, 1.165) is 124 Å². The smallest absolute Gasteiger partial charge is 0.160 e. The van der Waals surface area contributed by atoms with Crippen molar-refractivity contribution in [2.24, 2.45) is 0 Å². The largest absolute Gasteiger partial charge is 0.309 e. The lowest BCUT2D eigenvalue weighted by molar-refractivity contribution is 1.16. The van der Waals surface area contributed by atoms with Crippen molar-refractivity contribution < 1.29 is 0 Å². The van der Waals surface area contributed by atoms with E-state index in [1.54, 1.807) is 0 Å². The molecule has 11 heteroatoms. The summed E-state index contributed by atoms with van der Waals surface area (Å²) in [5.74, 6) is 1.43. The van der Waals surface area contributed by atoms with Crippen LogP contribution in [-0.4, -0.2) is 52.3 Å². The van der Waals surface area contributed by atoms with Gasteiger partial charge in [0.25, 0.3) is 0 Å². The molecule has 684 valence electrons. The molecule has 0 N–H and O–H groups in total. The average molecular weight is 1870 g/mol. The summed E-state index contributed by atoms with van der Waals surface area (Å²) >= 11 is 0. The van der Waals surface area contributed by atoms with Gasteiger partial charge in [-0.3, -0.25) is 0 Å². The molecule has 9 heterocycles. The van der Waals surface area contributed by atoms with Crippen molar-refractivity contribution in [1.29, 1.82) is 0 Å². The fourth-order valence-corrected chi connectivity index (χ4v) is 21.7. The third-order valence-corrected chi connectivity index (χ3v) is 28.4. The summed E-state index contributed by atoms with van der Waals surface area (Å²) in [6, 6.07) is 191. The monoisotopic (exact) mass is 1860 g/mol. The van der Waals surface area contributed by atoms with Crippen LogP contribution in [0.5, 0.6) is 0 Å². The Balaban J connectivity index is 0.000000109. The van der Waals surface area contributed by atoms with Crippen LogP contribution >= 0.6 is 0 Å². The van der Waals surface area contributed by atoms with E-state index in [-0.39, 0.29) is 0 Å². The summed E-state index contributed by atoms with van der Waals surface area (Å²) in [7, 11) is 0. The van der Waals surface area contributed by atoms with Crippen molar-refractivity contribution in [3.63, 3.8) is 0 Å². The molecule has 146 heavy (non-hydrogen) atoms. The van der Waals surface area contributed by atoms with Crippen LogP contribution in [0.15, 0.2) is 540 Å². The number of hydrogen-bond acceptors (Lipinski definition) is 5. The van der Waals surface area contributed by atoms with Crippen molar-refractivity contribution in [2.45, 2.75) is 0 Å². The Hall–Kier alpha value is -19.8. The number of benzene rings is 20. The van der Waals surface area contributed by atoms with Gasteiger partial charge in [-0.15, -0.1) is 0 Å². The Morgan fingerprint density at radius 2 is 0.363 bits per heavy atom. The molecule has 0 bridgehead atoms. The topological polar surface area (TPSA) is 94.0 Å². The molecular weight excluding hydrogens is 1780 g/mol. The third kappa shape index (κ3) is 15.1. The molecule has 0 aliphatic heterocycles. The Morgan fingerprint density at radius 3 is 0.733 bits per heavy atom. The fraction of sp³-hybridized carbons (Fsp3) is 0. The van der Waals surface area contributed by atoms with E-state index in [4.69, 9.17) is 24.9 Å². The Bertz CT molecular complexity index is 9620. The molecular formula is C135H89N11. The van der Waals surface area contributed by atoms with E-state index in [2.05, 4.69) is 482 Å². The number of nitrogens with zero attached hydrogens (tertiary/aromatic N) is 11. The molecule has 0 saturated heterocycles. The highest BCUT2D eigenvalue weighted by molar-refractivity contribution is 6.27. The van der Waals surface area contributed by atoms with E-state index >= 15 is 0 Å². The zero-order valence-corrected chi connectivity index (χ0v) is 79.3.